The lowest BCUT2D eigenvalue weighted by Crippen LogP contribution is -2.44. The molecule has 6 heteroatoms. The van der Waals surface area contributed by atoms with Crippen molar-refractivity contribution in [3.8, 4) is 11.8 Å². The first-order valence-electron chi connectivity index (χ1n) is 12.8. The Morgan fingerprint density at radius 1 is 1.14 bits per heavy atom. The molecule has 1 aliphatic heterocycles. The van der Waals surface area contributed by atoms with Gasteiger partial charge in [-0.2, -0.15) is 0 Å². The van der Waals surface area contributed by atoms with Crippen LogP contribution in [0.2, 0.25) is 0 Å². The second kappa shape index (κ2) is 15.1. The third kappa shape index (κ3) is 9.13. The van der Waals surface area contributed by atoms with Crippen LogP contribution in [-0.4, -0.2) is 34.4 Å². The monoisotopic (exact) mass is 557 g/mol. The summed E-state index contributed by atoms with van der Waals surface area (Å²) < 4.78 is 5.21. The first-order valence-corrected chi connectivity index (χ1v) is 14.6. The van der Waals surface area contributed by atoms with Crippen LogP contribution in [0.3, 0.4) is 0 Å². The minimum Gasteiger partial charge on any atom is -0.447 e. The van der Waals surface area contributed by atoms with Crippen molar-refractivity contribution in [2.75, 3.05) is 6.61 Å². The molecule has 2 heterocycles. The molecule has 2 aromatic rings. The maximum absolute atomic E-state index is 13.1. The summed E-state index contributed by atoms with van der Waals surface area (Å²) in [6.07, 6.45) is 11.9. The van der Waals surface area contributed by atoms with Gasteiger partial charge in [-0.3, -0.25) is 4.79 Å². The minimum absolute atomic E-state index is 0.233. The highest BCUT2D eigenvalue weighted by atomic mass is 79.9. The number of carbonyl (C=O) groups excluding carboxylic acids is 2. The summed E-state index contributed by atoms with van der Waals surface area (Å²) in [6.45, 7) is 2.48. The summed E-state index contributed by atoms with van der Waals surface area (Å²) in [4.78, 5) is 27.3. The highest BCUT2D eigenvalue weighted by Crippen LogP contribution is 2.24. The molecular formula is C29H36BrNO3S. The Hall–Kier alpha value is -2.10. The van der Waals surface area contributed by atoms with Crippen LogP contribution in [0.4, 0.5) is 4.79 Å². The number of imide groups is 1. The van der Waals surface area contributed by atoms with Crippen LogP contribution >= 0.6 is 27.3 Å². The summed E-state index contributed by atoms with van der Waals surface area (Å²) in [5, 5.41) is 2.04. The van der Waals surface area contributed by atoms with E-state index in [-0.39, 0.29) is 18.6 Å². The van der Waals surface area contributed by atoms with Crippen LogP contribution in [-0.2, 0) is 22.4 Å². The van der Waals surface area contributed by atoms with Gasteiger partial charge >= 0.3 is 6.09 Å². The van der Waals surface area contributed by atoms with E-state index in [4.69, 9.17) is 4.74 Å². The summed E-state index contributed by atoms with van der Waals surface area (Å²) in [5.41, 5.74) is 2.08. The molecule has 1 saturated heterocycles. The van der Waals surface area contributed by atoms with Crippen LogP contribution in [0.5, 0.6) is 0 Å². The standard InChI is InChI=1S/C29H36BrNO3S/c1-2-3-4-5-6-7-8-9-10-12-17-24-19-26(35-22-24)20-27(30)28(32)31-25(21-34-29(31)33)18-23-15-13-11-14-16-23/h11,13-16,19,22,25,27H,2-10,18,20-21H2,1H3/t25-,27-/m0/s1. The Morgan fingerprint density at radius 2 is 1.86 bits per heavy atom. The summed E-state index contributed by atoms with van der Waals surface area (Å²) in [6, 6.07) is 11.6. The van der Waals surface area contributed by atoms with Crippen molar-refractivity contribution in [2.45, 2.75) is 88.4 Å². The number of halogens is 1. The largest absolute Gasteiger partial charge is 0.447 e. The second-order valence-electron chi connectivity index (χ2n) is 9.13. The number of benzene rings is 1. The maximum atomic E-state index is 13.1. The van der Waals surface area contributed by atoms with Crippen molar-refractivity contribution in [3.05, 3.63) is 57.8 Å². The predicted octanol–water partition coefficient (Wildman–Crippen LogP) is 7.53. The third-order valence-corrected chi connectivity index (χ3v) is 7.88. The van der Waals surface area contributed by atoms with Gasteiger partial charge in [0.05, 0.1) is 10.9 Å². The zero-order chi connectivity index (χ0) is 24.9. The number of ether oxygens (including phenoxy) is 1. The summed E-state index contributed by atoms with van der Waals surface area (Å²) in [5.74, 6) is 6.30. The maximum Gasteiger partial charge on any atom is 0.417 e. The number of cyclic esters (lactones) is 1. The molecule has 0 N–H and O–H groups in total. The molecule has 2 atom stereocenters. The summed E-state index contributed by atoms with van der Waals surface area (Å²) in [7, 11) is 0. The molecule has 0 spiro atoms. The molecule has 0 unspecified atom stereocenters. The molecule has 2 amide bonds. The molecule has 35 heavy (non-hydrogen) atoms. The zero-order valence-electron chi connectivity index (χ0n) is 20.6. The van der Waals surface area contributed by atoms with Crippen LogP contribution < -0.4 is 0 Å². The van der Waals surface area contributed by atoms with E-state index in [9.17, 15) is 9.59 Å². The number of amides is 2. The Bertz CT molecular complexity index is 994. The number of unbranched alkanes of at least 4 members (excludes halogenated alkanes) is 8. The molecule has 0 bridgehead atoms. The molecule has 1 aromatic heterocycles. The Morgan fingerprint density at radius 3 is 2.60 bits per heavy atom. The number of carbonyl (C=O) groups is 2. The van der Waals surface area contributed by atoms with E-state index in [1.54, 1.807) is 11.3 Å². The zero-order valence-corrected chi connectivity index (χ0v) is 23.0. The van der Waals surface area contributed by atoms with E-state index in [0.717, 1.165) is 28.8 Å². The molecule has 4 nitrogen and oxygen atoms in total. The Labute approximate surface area is 222 Å². The molecule has 0 aliphatic carbocycles. The van der Waals surface area contributed by atoms with Gasteiger partial charge in [-0.25, -0.2) is 9.69 Å². The van der Waals surface area contributed by atoms with Gasteiger partial charge in [0.15, 0.2) is 0 Å². The van der Waals surface area contributed by atoms with Crippen molar-refractivity contribution in [1.82, 2.24) is 4.90 Å². The lowest BCUT2D eigenvalue weighted by atomic mass is 10.1. The second-order valence-corrected chi connectivity index (χ2v) is 11.2. The number of hydrogen-bond donors (Lipinski definition) is 0. The van der Waals surface area contributed by atoms with Crippen molar-refractivity contribution in [2.24, 2.45) is 0 Å². The van der Waals surface area contributed by atoms with Crippen molar-refractivity contribution in [1.29, 1.82) is 0 Å². The fourth-order valence-electron chi connectivity index (χ4n) is 4.25. The van der Waals surface area contributed by atoms with Crippen molar-refractivity contribution >= 4 is 39.3 Å². The predicted molar refractivity (Wildman–Crippen MR) is 147 cm³/mol. The average molecular weight is 559 g/mol. The number of nitrogens with zero attached hydrogens (tertiary/aromatic N) is 1. The first kappa shape index (κ1) is 27.5. The van der Waals surface area contributed by atoms with Gasteiger partial charge in [0.2, 0.25) is 5.91 Å². The first-order chi connectivity index (χ1) is 17.1. The molecule has 0 radical (unpaired) electrons. The Balaban J connectivity index is 1.43. The van der Waals surface area contributed by atoms with E-state index < -0.39 is 10.9 Å². The van der Waals surface area contributed by atoms with Gasteiger partial charge in [-0.15, -0.1) is 11.3 Å². The SMILES string of the molecule is CCCCCCCCCCC#Cc1csc(C[C@H](Br)C(=O)N2C(=O)OC[C@@H]2Cc2ccccc2)c1. The summed E-state index contributed by atoms with van der Waals surface area (Å²) >= 11 is 5.12. The van der Waals surface area contributed by atoms with E-state index in [1.807, 2.05) is 35.7 Å². The van der Waals surface area contributed by atoms with E-state index in [1.165, 1.54) is 49.8 Å². The highest BCUT2D eigenvalue weighted by Gasteiger charge is 2.40. The number of hydrogen-bond acceptors (Lipinski definition) is 4. The number of alkyl halides is 1. The minimum atomic E-state index is -0.556. The topological polar surface area (TPSA) is 46.6 Å². The normalized spacial score (nSPS) is 16.0. The molecular weight excluding hydrogens is 522 g/mol. The van der Waals surface area contributed by atoms with Gasteiger partial charge in [-0.05, 0) is 24.5 Å². The molecule has 3 rings (SSSR count). The van der Waals surface area contributed by atoms with Crippen LogP contribution in [0.15, 0.2) is 41.8 Å². The quantitative estimate of drug-likeness (QED) is 0.145. The van der Waals surface area contributed by atoms with Crippen LogP contribution in [0.25, 0.3) is 0 Å². The fraction of sp³-hybridized carbons (Fsp3) is 0.517. The number of rotatable bonds is 13. The van der Waals surface area contributed by atoms with Gasteiger partial charge in [-0.1, -0.05) is 110 Å². The highest BCUT2D eigenvalue weighted by molar-refractivity contribution is 9.10. The smallest absolute Gasteiger partial charge is 0.417 e. The fourth-order valence-corrected chi connectivity index (χ4v) is 5.89. The number of thiophene rings is 1. The molecule has 1 aromatic carbocycles. The van der Waals surface area contributed by atoms with Gasteiger partial charge in [0.25, 0.3) is 0 Å². The lowest BCUT2D eigenvalue weighted by Gasteiger charge is -2.22. The molecule has 1 fully saturated rings. The average Bonchev–Trinajstić information content (AvgIpc) is 3.46. The molecule has 0 saturated carbocycles. The van der Waals surface area contributed by atoms with Gasteiger partial charge < -0.3 is 4.74 Å². The van der Waals surface area contributed by atoms with Gasteiger partial charge in [0, 0.05) is 28.7 Å². The van der Waals surface area contributed by atoms with Crippen molar-refractivity contribution in [3.63, 3.8) is 0 Å². The van der Waals surface area contributed by atoms with Crippen LogP contribution in [0.1, 0.15) is 80.7 Å². The van der Waals surface area contributed by atoms with E-state index in [2.05, 4.69) is 40.8 Å². The van der Waals surface area contributed by atoms with Crippen LogP contribution in [0, 0.1) is 11.8 Å². The lowest BCUT2D eigenvalue weighted by molar-refractivity contribution is -0.128. The van der Waals surface area contributed by atoms with Crippen molar-refractivity contribution < 1.29 is 14.3 Å². The molecule has 1 aliphatic rings. The third-order valence-electron chi connectivity index (χ3n) is 6.20. The van der Waals surface area contributed by atoms with E-state index >= 15 is 0 Å². The van der Waals surface area contributed by atoms with Gasteiger partial charge in [0.1, 0.15) is 6.61 Å². The molecule has 188 valence electrons. The Kier molecular flexibility index (Phi) is 11.9. The van der Waals surface area contributed by atoms with E-state index in [0.29, 0.717) is 12.8 Å².